The zero-order chi connectivity index (χ0) is 20.6. The topological polar surface area (TPSA) is 112 Å². The Kier molecular flexibility index (Phi) is 13.8. The minimum Gasteiger partial charge on any atom is -0.483 e. The number of ether oxygens (including phenoxy) is 2. The molecule has 3 aliphatic rings. The predicted octanol–water partition coefficient (Wildman–Crippen LogP) is 0.342. The molecular formula is C19H37N3O6. The zero-order valence-corrected chi connectivity index (χ0v) is 17.0. The van der Waals surface area contributed by atoms with Crippen molar-refractivity contribution in [2.75, 3.05) is 59.2 Å². The summed E-state index contributed by atoms with van der Waals surface area (Å²) in [5.41, 5.74) is 0. The third-order valence-corrected chi connectivity index (χ3v) is 5.39. The minimum atomic E-state index is -0.250. The highest BCUT2D eigenvalue weighted by Crippen LogP contribution is 2.20. The van der Waals surface area contributed by atoms with Gasteiger partial charge in [0.25, 0.3) is 12.9 Å². The first-order chi connectivity index (χ1) is 13.6. The van der Waals surface area contributed by atoms with Gasteiger partial charge in [-0.2, -0.15) is 0 Å². The fourth-order valence-corrected chi connectivity index (χ4v) is 4.11. The molecule has 0 saturated carbocycles. The van der Waals surface area contributed by atoms with Crippen LogP contribution in [0.5, 0.6) is 0 Å². The van der Waals surface area contributed by atoms with Crippen molar-refractivity contribution in [3.63, 3.8) is 0 Å². The van der Waals surface area contributed by atoms with Gasteiger partial charge in [-0.1, -0.05) is 0 Å². The Morgan fingerprint density at radius 1 is 0.929 bits per heavy atom. The molecular weight excluding hydrogens is 366 g/mol. The third kappa shape index (κ3) is 10.3. The summed E-state index contributed by atoms with van der Waals surface area (Å²) in [6.45, 7) is 11.4. The number of carbonyl (C=O) groups is 2. The van der Waals surface area contributed by atoms with Crippen LogP contribution in [-0.4, -0.2) is 110 Å². The van der Waals surface area contributed by atoms with Gasteiger partial charge >= 0.3 is 0 Å². The van der Waals surface area contributed by atoms with Crippen LogP contribution in [0.1, 0.15) is 32.6 Å². The number of hydrogen-bond acceptors (Lipinski definition) is 7. The maximum absolute atomic E-state index is 8.36. The van der Waals surface area contributed by atoms with E-state index in [2.05, 4.69) is 22.0 Å². The fraction of sp³-hybridized carbons (Fsp3) is 0.895. The second-order valence-electron chi connectivity index (χ2n) is 7.35. The molecule has 0 aromatic rings. The molecule has 1 unspecified atom stereocenters. The average molecular weight is 404 g/mol. The van der Waals surface area contributed by atoms with Crippen LogP contribution in [0.15, 0.2) is 0 Å². The van der Waals surface area contributed by atoms with Crippen LogP contribution in [-0.2, 0) is 19.1 Å². The smallest absolute Gasteiger partial charge is 0.290 e. The summed E-state index contributed by atoms with van der Waals surface area (Å²) in [6, 6.07) is 2.06. The van der Waals surface area contributed by atoms with E-state index in [-0.39, 0.29) is 12.9 Å². The highest BCUT2D eigenvalue weighted by molar-refractivity contribution is 5.33. The number of morpholine rings is 1. The predicted molar refractivity (Wildman–Crippen MR) is 106 cm³/mol. The molecule has 3 aliphatic heterocycles. The Morgan fingerprint density at radius 3 is 1.96 bits per heavy atom. The van der Waals surface area contributed by atoms with Crippen molar-refractivity contribution in [2.45, 2.75) is 50.7 Å². The van der Waals surface area contributed by atoms with Crippen molar-refractivity contribution in [2.24, 2.45) is 0 Å². The Hall–Kier alpha value is -1.26. The van der Waals surface area contributed by atoms with Gasteiger partial charge in [-0.3, -0.25) is 14.5 Å². The molecule has 3 fully saturated rings. The summed E-state index contributed by atoms with van der Waals surface area (Å²) >= 11 is 0. The lowest BCUT2D eigenvalue weighted by molar-refractivity contribution is -0.123. The maximum atomic E-state index is 8.36. The van der Waals surface area contributed by atoms with Gasteiger partial charge in [-0.15, -0.1) is 0 Å². The van der Waals surface area contributed by atoms with Crippen LogP contribution in [0.25, 0.3) is 0 Å². The molecule has 28 heavy (non-hydrogen) atoms. The van der Waals surface area contributed by atoms with E-state index < -0.39 is 0 Å². The molecule has 3 N–H and O–H groups in total. The Morgan fingerprint density at radius 2 is 1.43 bits per heavy atom. The SMILES string of the molecule is CC(CN1CCOCC1)NC1CCN(C2CCOCC2)CC1.O=CO.O=CO. The molecule has 1 atom stereocenters. The van der Waals surface area contributed by atoms with Gasteiger partial charge in [-0.05, 0) is 45.7 Å². The van der Waals surface area contributed by atoms with Crippen LogP contribution in [0.3, 0.4) is 0 Å². The van der Waals surface area contributed by atoms with Crippen LogP contribution >= 0.6 is 0 Å². The second kappa shape index (κ2) is 15.6. The zero-order valence-electron chi connectivity index (χ0n) is 17.0. The largest absolute Gasteiger partial charge is 0.483 e. The molecule has 3 heterocycles. The molecule has 164 valence electrons. The lowest BCUT2D eigenvalue weighted by Gasteiger charge is -2.40. The summed E-state index contributed by atoms with van der Waals surface area (Å²) in [7, 11) is 0. The van der Waals surface area contributed by atoms with Gasteiger partial charge in [0.1, 0.15) is 0 Å². The monoisotopic (exact) mass is 403 g/mol. The molecule has 0 aromatic heterocycles. The number of piperidine rings is 1. The van der Waals surface area contributed by atoms with Crippen LogP contribution < -0.4 is 5.32 Å². The summed E-state index contributed by atoms with van der Waals surface area (Å²) in [4.78, 5) is 22.0. The molecule has 0 aromatic carbocycles. The van der Waals surface area contributed by atoms with Crippen molar-refractivity contribution in [3.8, 4) is 0 Å². The molecule has 0 aliphatic carbocycles. The van der Waals surface area contributed by atoms with E-state index in [1.807, 2.05) is 0 Å². The van der Waals surface area contributed by atoms with Gasteiger partial charge in [-0.25, -0.2) is 0 Å². The molecule has 0 bridgehead atoms. The first kappa shape index (κ1) is 24.8. The molecule has 9 nitrogen and oxygen atoms in total. The van der Waals surface area contributed by atoms with Crippen LogP contribution in [0.2, 0.25) is 0 Å². The second-order valence-corrected chi connectivity index (χ2v) is 7.35. The molecule has 0 spiro atoms. The normalized spacial score (nSPS) is 23.5. The van der Waals surface area contributed by atoms with E-state index in [0.717, 1.165) is 52.1 Å². The first-order valence-electron chi connectivity index (χ1n) is 10.2. The van der Waals surface area contributed by atoms with E-state index in [4.69, 9.17) is 29.3 Å². The molecule has 0 amide bonds. The van der Waals surface area contributed by atoms with Gasteiger partial charge in [0.15, 0.2) is 0 Å². The number of rotatable bonds is 5. The molecule has 0 radical (unpaired) electrons. The molecule has 3 saturated heterocycles. The van der Waals surface area contributed by atoms with E-state index in [0.29, 0.717) is 12.1 Å². The van der Waals surface area contributed by atoms with Gasteiger partial charge in [0, 0.05) is 51.0 Å². The standard InChI is InChI=1S/C17H33N3O2.2CH2O2/c1-15(14-19-8-12-22-13-9-19)18-16-2-6-20(7-3-16)17-4-10-21-11-5-17;2*2-1-3/h15-18H,2-14H2,1H3;2*1H,(H,2,3). The maximum Gasteiger partial charge on any atom is 0.290 e. The van der Waals surface area contributed by atoms with Gasteiger partial charge < -0.3 is 29.9 Å². The lowest BCUT2D eigenvalue weighted by Crippen LogP contribution is -2.52. The van der Waals surface area contributed by atoms with E-state index >= 15 is 0 Å². The van der Waals surface area contributed by atoms with Crippen molar-refractivity contribution >= 4 is 12.9 Å². The summed E-state index contributed by atoms with van der Waals surface area (Å²) in [5.74, 6) is 0. The summed E-state index contributed by atoms with van der Waals surface area (Å²) < 4.78 is 10.9. The van der Waals surface area contributed by atoms with Crippen molar-refractivity contribution < 1.29 is 29.3 Å². The Labute approximate surface area is 168 Å². The fourth-order valence-electron chi connectivity index (χ4n) is 4.11. The first-order valence-corrected chi connectivity index (χ1v) is 10.2. The highest BCUT2D eigenvalue weighted by Gasteiger charge is 2.27. The van der Waals surface area contributed by atoms with Gasteiger partial charge in [0.05, 0.1) is 13.2 Å². The van der Waals surface area contributed by atoms with E-state index in [1.54, 1.807) is 0 Å². The third-order valence-electron chi connectivity index (χ3n) is 5.39. The number of carboxylic acid groups (broad SMARTS) is 2. The highest BCUT2D eigenvalue weighted by atomic mass is 16.5. The Balaban J connectivity index is 0.000000582. The number of hydrogen-bond donors (Lipinski definition) is 3. The summed E-state index contributed by atoms with van der Waals surface area (Å²) in [6.07, 6.45) is 5.05. The average Bonchev–Trinajstić information content (AvgIpc) is 2.71. The quantitative estimate of drug-likeness (QED) is 0.560. The van der Waals surface area contributed by atoms with Crippen LogP contribution in [0.4, 0.5) is 0 Å². The van der Waals surface area contributed by atoms with Crippen molar-refractivity contribution in [1.82, 2.24) is 15.1 Å². The molecule has 3 rings (SSSR count). The number of likely N-dealkylation sites (tertiary alicyclic amines) is 1. The molecule has 9 heteroatoms. The lowest BCUT2D eigenvalue weighted by atomic mass is 9.99. The van der Waals surface area contributed by atoms with E-state index in [9.17, 15) is 0 Å². The number of nitrogens with zero attached hydrogens (tertiary/aromatic N) is 2. The number of nitrogens with one attached hydrogen (secondary N) is 1. The van der Waals surface area contributed by atoms with Crippen molar-refractivity contribution in [3.05, 3.63) is 0 Å². The van der Waals surface area contributed by atoms with Gasteiger partial charge in [0.2, 0.25) is 0 Å². The Bertz CT molecular complexity index is 389. The van der Waals surface area contributed by atoms with Crippen LogP contribution in [0, 0.1) is 0 Å². The summed E-state index contributed by atoms with van der Waals surface area (Å²) in [5, 5.41) is 17.6. The van der Waals surface area contributed by atoms with Crippen molar-refractivity contribution in [1.29, 1.82) is 0 Å². The minimum absolute atomic E-state index is 0.250. The van der Waals surface area contributed by atoms with E-state index in [1.165, 1.54) is 38.8 Å².